The van der Waals surface area contributed by atoms with E-state index >= 15 is 0 Å². The summed E-state index contributed by atoms with van der Waals surface area (Å²) in [5.41, 5.74) is 0. The third-order valence-corrected chi connectivity index (χ3v) is 1.64. The van der Waals surface area contributed by atoms with Gasteiger partial charge in [-0.3, -0.25) is 0 Å². The molecule has 0 bridgehead atoms. The Morgan fingerprint density at radius 1 is 1.56 bits per heavy atom. The second-order valence-electron chi connectivity index (χ2n) is 2.94. The average molecular weight is 129 g/mol. The van der Waals surface area contributed by atoms with E-state index < -0.39 is 0 Å². The van der Waals surface area contributed by atoms with E-state index in [9.17, 15) is 0 Å². The van der Waals surface area contributed by atoms with Crippen molar-refractivity contribution in [2.75, 3.05) is 33.4 Å². The van der Waals surface area contributed by atoms with Gasteiger partial charge < -0.3 is 9.64 Å². The summed E-state index contributed by atoms with van der Waals surface area (Å²) in [6.07, 6.45) is 0. The first-order chi connectivity index (χ1) is 4.29. The van der Waals surface area contributed by atoms with Gasteiger partial charge in [0.05, 0.1) is 13.2 Å². The van der Waals surface area contributed by atoms with Crippen LogP contribution in [0.1, 0.15) is 6.92 Å². The Balaban J connectivity index is 2.29. The van der Waals surface area contributed by atoms with Gasteiger partial charge in [-0.2, -0.15) is 0 Å². The van der Waals surface area contributed by atoms with E-state index in [2.05, 4.69) is 18.9 Å². The normalized spacial score (nSPS) is 32.0. The Kier molecular flexibility index (Phi) is 2.49. The van der Waals surface area contributed by atoms with Crippen molar-refractivity contribution in [2.45, 2.75) is 6.92 Å². The molecule has 2 nitrogen and oxygen atoms in total. The Bertz CT molecular complexity index is 75.0. The fraction of sp³-hybridized carbons (Fsp3) is 1.00. The van der Waals surface area contributed by atoms with Gasteiger partial charge in [0.15, 0.2) is 0 Å². The quantitative estimate of drug-likeness (QED) is 0.474. The number of ether oxygens (including phenoxy) is 1. The van der Waals surface area contributed by atoms with Gasteiger partial charge in [0, 0.05) is 13.1 Å². The molecule has 0 saturated carbocycles. The molecule has 0 aromatic heterocycles. The lowest BCUT2D eigenvalue weighted by Crippen LogP contribution is -2.24. The zero-order valence-corrected chi connectivity index (χ0v) is 6.26. The van der Waals surface area contributed by atoms with Crippen molar-refractivity contribution in [3.8, 4) is 0 Å². The number of likely N-dealkylation sites (N-methyl/N-ethyl adjacent to an activating group) is 1. The van der Waals surface area contributed by atoms with Gasteiger partial charge in [-0.05, 0) is 13.0 Å². The lowest BCUT2D eigenvalue weighted by molar-refractivity contribution is 0.127. The molecule has 0 aromatic rings. The molecule has 1 unspecified atom stereocenters. The molecule has 0 spiro atoms. The van der Waals surface area contributed by atoms with Crippen molar-refractivity contribution in [1.82, 2.24) is 4.90 Å². The molecule has 1 heterocycles. The van der Waals surface area contributed by atoms with Crippen LogP contribution in [-0.4, -0.2) is 38.3 Å². The number of hydrogen-bond donors (Lipinski definition) is 0. The van der Waals surface area contributed by atoms with Gasteiger partial charge in [0.2, 0.25) is 0 Å². The molecule has 0 amide bonds. The monoisotopic (exact) mass is 129 g/mol. The molecular weight excluding hydrogens is 114 g/mol. The van der Waals surface area contributed by atoms with E-state index in [1.807, 2.05) is 0 Å². The second-order valence-corrected chi connectivity index (χ2v) is 2.94. The Morgan fingerprint density at radius 3 is 3.11 bits per heavy atom. The number of nitrogens with zero attached hydrogens (tertiary/aromatic N) is 1. The molecule has 1 atom stereocenters. The summed E-state index contributed by atoms with van der Waals surface area (Å²) in [5, 5.41) is 0. The van der Waals surface area contributed by atoms with Crippen LogP contribution >= 0.6 is 0 Å². The van der Waals surface area contributed by atoms with E-state index in [4.69, 9.17) is 4.74 Å². The van der Waals surface area contributed by atoms with Crippen molar-refractivity contribution in [3.63, 3.8) is 0 Å². The number of hydrogen-bond acceptors (Lipinski definition) is 2. The van der Waals surface area contributed by atoms with Crippen molar-refractivity contribution in [3.05, 3.63) is 0 Å². The van der Waals surface area contributed by atoms with Gasteiger partial charge >= 0.3 is 0 Å². The summed E-state index contributed by atoms with van der Waals surface area (Å²) in [4.78, 5) is 2.32. The summed E-state index contributed by atoms with van der Waals surface area (Å²) in [6, 6.07) is 0. The van der Waals surface area contributed by atoms with Crippen LogP contribution in [0.5, 0.6) is 0 Å². The highest BCUT2D eigenvalue weighted by atomic mass is 16.5. The largest absolute Gasteiger partial charge is 0.380 e. The maximum atomic E-state index is 5.34. The predicted molar refractivity (Wildman–Crippen MR) is 37.5 cm³/mol. The summed E-state index contributed by atoms with van der Waals surface area (Å²) in [6.45, 7) is 6.33. The molecule has 2 heteroatoms. The Hall–Kier alpha value is -0.0800. The van der Waals surface area contributed by atoms with Gasteiger partial charge in [0.1, 0.15) is 0 Å². The molecule has 54 valence electrons. The number of rotatable bonds is 0. The second kappa shape index (κ2) is 3.18. The van der Waals surface area contributed by atoms with Crippen LogP contribution in [0.3, 0.4) is 0 Å². The summed E-state index contributed by atoms with van der Waals surface area (Å²) >= 11 is 0. The van der Waals surface area contributed by atoms with E-state index in [-0.39, 0.29) is 0 Å². The van der Waals surface area contributed by atoms with Gasteiger partial charge in [-0.25, -0.2) is 0 Å². The molecule has 1 rings (SSSR count). The molecule has 0 N–H and O–H groups in total. The molecule has 1 aliphatic heterocycles. The smallest absolute Gasteiger partial charge is 0.0593 e. The third-order valence-electron chi connectivity index (χ3n) is 1.64. The Labute approximate surface area is 56.8 Å². The third kappa shape index (κ3) is 2.33. The van der Waals surface area contributed by atoms with E-state index in [0.29, 0.717) is 5.92 Å². The fourth-order valence-electron chi connectivity index (χ4n) is 1.18. The standard InChI is InChI=1S/C7H15NO/c1-7-5-8(2)3-4-9-6-7/h7H,3-6H2,1-2H3. The highest BCUT2D eigenvalue weighted by molar-refractivity contribution is 4.61. The average Bonchev–Trinajstić information content (AvgIpc) is 1.93. The Morgan fingerprint density at radius 2 is 2.33 bits per heavy atom. The van der Waals surface area contributed by atoms with Crippen LogP contribution in [-0.2, 0) is 4.74 Å². The maximum absolute atomic E-state index is 5.34. The van der Waals surface area contributed by atoms with E-state index in [0.717, 1.165) is 19.8 Å². The zero-order chi connectivity index (χ0) is 6.69. The minimum absolute atomic E-state index is 0.706. The molecule has 1 fully saturated rings. The molecular formula is C7H15NO. The SMILES string of the molecule is CC1COCCN(C)C1. The fourth-order valence-corrected chi connectivity index (χ4v) is 1.18. The highest BCUT2D eigenvalue weighted by Gasteiger charge is 2.10. The zero-order valence-electron chi connectivity index (χ0n) is 6.26. The van der Waals surface area contributed by atoms with Crippen LogP contribution in [0.4, 0.5) is 0 Å². The van der Waals surface area contributed by atoms with Crippen LogP contribution in [0.2, 0.25) is 0 Å². The molecule has 9 heavy (non-hydrogen) atoms. The van der Waals surface area contributed by atoms with Crippen molar-refractivity contribution < 1.29 is 4.74 Å². The van der Waals surface area contributed by atoms with Gasteiger partial charge in [-0.1, -0.05) is 6.92 Å². The summed E-state index contributed by atoms with van der Waals surface area (Å²) in [5.74, 6) is 0.706. The maximum Gasteiger partial charge on any atom is 0.0593 e. The van der Waals surface area contributed by atoms with Crippen molar-refractivity contribution in [2.24, 2.45) is 5.92 Å². The summed E-state index contributed by atoms with van der Waals surface area (Å²) < 4.78 is 5.34. The molecule has 0 radical (unpaired) electrons. The molecule has 0 aromatic carbocycles. The van der Waals surface area contributed by atoms with Crippen LogP contribution in [0, 0.1) is 5.92 Å². The first-order valence-corrected chi connectivity index (χ1v) is 3.55. The molecule has 1 aliphatic rings. The first kappa shape index (κ1) is 7.03. The lowest BCUT2D eigenvalue weighted by Gasteiger charge is -2.13. The van der Waals surface area contributed by atoms with E-state index in [1.54, 1.807) is 0 Å². The predicted octanol–water partition coefficient (Wildman–Crippen LogP) is 0.585. The molecule has 1 saturated heterocycles. The van der Waals surface area contributed by atoms with Crippen molar-refractivity contribution >= 4 is 0 Å². The van der Waals surface area contributed by atoms with Crippen LogP contribution in [0.25, 0.3) is 0 Å². The highest BCUT2D eigenvalue weighted by Crippen LogP contribution is 2.02. The molecule has 0 aliphatic carbocycles. The van der Waals surface area contributed by atoms with Crippen molar-refractivity contribution in [1.29, 1.82) is 0 Å². The summed E-state index contributed by atoms with van der Waals surface area (Å²) in [7, 11) is 2.14. The van der Waals surface area contributed by atoms with Crippen LogP contribution < -0.4 is 0 Å². The first-order valence-electron chi connectivity index (χ1n) is 3.55. The minimum atomic E-state index is 0.706. The van der Waals surface area contributed by atoms with Gasteiger partial charge in [-0.15, -0.1) is 0 Å². The minimum Gasteiger partial charge on any atom is -0.380 e. The topological polar surface area (TPSA) is 12.5 Å². The van der Waals surface area contributed by atoms with Crippen LogP contribution in [0.15, 0.2) is 0 Å². The van der Waals surface area contributed by atoms with Gasteiger partial charge in [0.25, 0.3) is 0 Å². The van der Waals surface area contributed by atoms with E-state index in [1.165, 1.54) is 6.54 Å². The lowest BCUT2D eigenvalue weighted by atomic mass is 10.2.